The third-order valence-corrected chi connectivity index (χ3v) is 3.85. The predicted molar refractivity (Wildman–Crippen MR) is 83.3 cm³/mol. The first-order valence-corrected chi connectivity index (χ1v) is 7.00. The number of hydrogen-bond acceptors (Lipinski definition) is 3. The van der Waals surface area contributed by atoms with Crippen LogP contribution in [-0.2, 0) is 7.05 Å². The fourth-order valence-electron chi connectivity index (χ4n) is 2.44. The maximum atomic E-state index is 5.60. The molecule has 3 aromatic rings. The van der Waals surface area contributed by atoms with Crippen LogP contribution < -0.4 is 5.32 Å². The average Bonchev–Trinajstić information content (AvgIpc) is 3.12. The smallest absolute Gasteiger partial charge is 0.143 e. The quantitative estimate of drug-likeness (QED) is 0.790. The van der Waals surface area contributed by atoms with E-state index in [0.29, 0.717) is 0 Å². The Labute approximate surface area is 124 Å². The number of imidazole rings is 1. The Morgan fingerprint density at radius 3 is 2.71 bits per heavy atom. The lowest BCUT2D eigenvalue weighted by molar-refractivity contribution is 0.488. The van der Waals surface area contributed by atoms with Gasteiger partial charge >= 0.3 is 0 Å². The monoisotopic (exact) mass is 281 g/mol. The van der Waals surface area contributed by atoms with Crippen LogP contribution in [0.15, 0.2) is 53.4 Å². The second-order valence-electron chi connectivity index (χ2n) is 5.24. The van der Waals surface area contributed by atoms with E-state index in [9.17, 15) is 0 Å². The van der Waals surface area contributed by atoms with E-state index in [1.165, 1.54) is 11.1 Å². The Morgan fingerprint density at radius 1 is 1.19 bits per heavy atom. The minimum atomic E-state index is -0.111. The molecule has 0 amide bonds. The van der Waals surface area contributed by atoms with Crippen molar-refractivity contribution in [1.29, 1.82) is 0 Å². The van der Waals surface area contributed by atoms with Crippen molar-refractivity contribution in [3.05, 3.63) is 71.7 Å². The summed E-state index contributed by atoms with van der Waals surface area (Å²) in [5, 5.41) is 3.56. The van der Waals surface area contributed by atoms with Gasteiger partial charge < -0.3 is 14.3 Å². The summed E-state index contributed by atoms with van der Waals surface area (Å²) in [5.74, 6) is 1.77. The third-order valence-electron chi connectivity index (χ3n) is 3.85. The van der Waals surface area contributed by atoms with Gasteiger partial charge in [-0.05, 0) is 43.2 Å². The molecule has 108 valence electrons. The van der Waals surface area contributed by atoms with Gasteiger partial charge in [0.05, 0.1) is 6.26 Å². The van der Waals surface area contributed by atoms with Crippen LogP contribution in [-0.4, -0.2) is 9.55 Å². The van der Waals surface area contributed by atoms with Gasteiger partial charge in [0.25, 0.3) is 0 Å². The summed E-state index contributed by atoms with van der Waals surface area (Å²) in [5.41, 5.74) is 3.60. The Balaban J connectivity index is 2.01. The highest BCUT2D eigenvalue weighted by Gasteiger charge is 2.21. The summed E-state index contributed by atoms with van der Waals surface area (Å²) in [6.45, 7) is 4.23. The minimum Gasteiger partial charge on any atom is -0.467 e. The summed E-state index contributed by atoms with van der Waals surface area (Å²) in [6, 6.07) is 10.0. The van der Waals surface area contributed by atoms with E-state index in [1.54, 1.807) is 12.5 Å². The molecule has 0 fully saturated rings. The molecule has 3 rings (SSSR count). The van der Waals surface area contributed by atoms with Gasteiger partial charge in [0.2, 0.25) is 0 Å². The Morgan fingerprint density at radius 2 is 2.05 bits per heavy atom. The van der Waals surface area contributed by atoms with Gasteiger partial charge in [-0.25, -0.2) is 4.98 Å². The van der Waals surface area contributed by atoms with Gasteiger partial charge in [0.15, 0.2) is 0 Å². The highest BCUT2D eigenvalue weighted by molar-refractivity contribution is 5.55. The number of nitrogens with zero attached hydrogens (tertiary/aromatic N) is 2. The molecule has 1 aromatic carbocycles. The van der Waals surface area contributed by atoms with Crippen molar-refractivity contribution >= 4 is 5.69 Å². The van der Waals surface area contributed by atoms with E-state index in [4.69, 9.17) is 4.42 Å². The van der Waals surface area contributed by atoms with Crippen molar-refractivity contribution in [2.24, 2.45) is 7.05 Å². The number of rotatable bonds is 4. The number of furan rings is 1. The van der Waals surface area contributed by atoms with Crippen molar-refractivity contribution in [1.82, 2.24) is 9.55 Å². The zero-order valence-corrected chi connectivity index (χ0v) is 12.5. The van der Waals surface area contributed by atoms with Crippen LogP contribution in [0.3, 0.4) is 0 Å². The Hall–Kier alpha value is -2.49. The fourth-order valence-corrected chi connectivity index (χ4v) is 2.44. The molecule has 0 aliphatic rings. The lowest BCUT2D eigenvalue weighted by Gasteiger charge is -2.20. The van der Waals surface area contributed by atoms with Gasteiger partial charge in [-0.2, -0.15) is 0 Å². The lowest BCUT2D eigenvalue weighted by Crippen LogP contribution is -2.16. The van der Waals surface area contributed by atoms with Crippen LogP contribution in [0.1, 0.15) is 28.8 Å². The Bertz CT molecular complexity index is 728. The van der Waals surface area contributed by atoms with Crippen LogP contribution in [0, 0.1) is 13.8 Å². The van der Waals surface area contributed by atoms with Gasteiger partial charge in [-0.15, -0.1) is 0 Å². The third kappa shape index (κ3) is 2.57. The van der Waals surface area contributed by atoms with Crippen LogP contribution in [0.5, 0.6) is 0 Å². The number of hydrogen-bond donors (Lipinski definition) is 1. The summed E-state index contributed by atoms with van der Waals surface area (Å²) in [4.78, 5) is 4.46. The van der Waals surface area contributed by atoms with Crippen LogP contribution in [0.2, 0.25) is 0 Å². The van der Waals surface area contributed by atoms with E-state index in [-0.39, 0.29) is 6.04 Å². The van der Waals surface area contributed by atoms with Crippen molar-refractivity contribution < 1.29 is 4.42 Å². The van der Waals surface area contributed by atoms with E-state index in [0.717, 1.165) is 17.3 Å². The fraction of sp³-hybridized carbons (Fsp3) is 0.235. The molecular formula is C17H19N3O. The molecule has 4 heteroatoms. The first kappa shape index (κ1) is 13.5. The summed E-state index contributed by atoms with van der Waals surface area (Å²) >= 11 is 0. The molecule has 0 bridgehead atoms. The predicted octanol–water partition coefficient (Wildman–Crippen LogP) is 3.83. The largest absolute Gasteiger partial charge is 0.467 e. The average molecular weight is 281 g/mol. The number of anilines is 1. The Kier molecular flexibility index (Phi) is 3.52. The first-order valence-electron chi connectivity index (χ1n) is 7.00. The molecule has 2 heterocycles. The van der Waals surface area contributed by atoms with Crippen molar-refractivity contribution in [3.63, 3.8) is 0 Å². The molecule has 0 saturated heterocycles. The molecule has 21 heavy (non-hydrogen) atoms. The van der Waals surface area contributed by atoms with Crippen LogP contribution >= 0.6 is 0 Å². The van der Waals surface area contributed by atoms with Gasteiger partial charge in [-0.3, -0.25) is 0 Å². The molecule has 0 saturated carbocycles. The van der Waals surface area contributed by atoms with Crippen molar-refractivity contribution in [2.75, 3.05) is 5.32 Å². The zero-order chi connectivity index (χ0) is 14.8. The van der Waals surface area contributed by atoms with Crippen molar-refractivity contribution in [3.8, 4) is 0 Å². The highest BCUT2D eigenvalue weighted by Crippen LogP contribution is 2.28. The van der Waals surface area contributed by atoms with E-state index >= 15 is 0 Å². The maximum absolute atomic E-state index is 5.60. The van der Waals surface area contributed by atoms with Crippen LogP contribution in [0.25, 0.3) is 0 Å². The molecule has 1 atom stereocenters. The van der Waals surface area contributed by atoms with Gasteiger partial charge in [-0.1, -0.05) is 12.1 Å². The normalized spacial score (nSPS) is 12.3. The summed E-state index contributed by atoms with van der Waals surface area (Å²) < 4.78 is 7.61. The van der Waals surface area contributed by atoms with E-state index < -0.39 is 0 Å². The topological polar surface area (TPSA) is 43.0 Å². The molecule has 0 spiro atoms. The first-order chi connectivity index (χ1) is 10.2. The number of aryl methyl sites for hydroxylation is 2. The molecule has 2 aromatic heterocycles. The molecule has 1 unspecified atom stereocenters. The maximum Gasteiger partial charge on any atom is 0.143 e. The molecule has 0 aliphatic carbocycles. The number of benzene rings is 1. The highest BCUT2D eigenvalue weighted by atomic mass is 16.3. The molecule has 1 N–H and O–H groups in total. The summed E-state index contributed by atoms with van der Waals surface area (Å²) in [6.07, 6.45) is 5.43. The molecular weight excluding hydrogens is 262 g/mol. The zero-order valence-electron chi connectivity index (χ0n) is 12.5. The van der Waals surface area contributed by atoms with Crippen molar-refractivity contribution in [2.45, 2.75) is 19.9 Å². The van der Waals surface area contributed by atoms with Gasteiger partial charge in [0.1, 0.15) is 17.6 Å². The lowest BCUT2D eigenvalue weighted by atomic mass is 10.1. The van der Waals surface area contributed by atoms with Gasteiger partial charge in [0, 0.05) is 25.1 Å². The number of nitrogens with one attached hydrogen (secondary N) is 1. The molecule has 0 radical (unpaired) electrons. The SMILES string of the molecule is Cc1cccc(NC(c2ccco2)c2nccn2C)c1C. The van der Waals surface area contributed by atoms with E-state index in [1.807, 2.05) is 29.9 Å². The van der Waals surface area contributed by atoms with Crippen LogP contribution in [0.4, 0.5) is 5.69 Å². The minimum absolute atomic E-state index is 0.111. The number of aromatic nitrogens is 2. The summed E-state index contributed by atoms with van der Waals surface area (Å²) in [7, 11) is 1.99. The second-order valence-corrected chi connectivity index (χ2v) is 5.24. The molecule has 4 nitrogen and oxygen atoms in total. The second kappa shape index (κ2) is 5.48. The molecule has 0 aliphatic heterocycles. The van der Waals surface area contributed by atoms with E-state index in [2.05, 4.69) is 42.3 Å². The standard InChI is InChI=1S/C17H19N3O/c1-12-6-4-7-14(13(12)2)19-16(15-8-5-11-21-15)17-18-9-10-20(17)3/h4-11,16,19H,1-3H3.